The lowest BCUT2D eigenvalue weighted by atomic mass is 10.2. The third-order valence-electron chi connectivity index (χ3n) is 2.68. The molecule has 0 unspecified atom stereocenters. The van der Waals surface area contributed by atoms with Crippen LogP contribution in [-0.4, -0.2) is 30.8 Å². The number of fused-ring (bicyclic) bond motifs is 1. The van der Waals surface area contributed by atoms with Gasteiger partial charge < -0.3 is 5.11 Å². The Morgan fingerprint density at radius 2 is 2.05 bits per heavy atom. The van der Waals surface area contributed by atoms with E-state index in [2.05, 4.69) is 15.1 Å². The number of carbonyl (C=O) groups is 1. The minimum Gasteiger partial charge on any atom is -0.478 e. The Morgan fingerprint density at radius 3 is 2.84 bits per heavy atom. The largest absolute Gasteiger partial charge is 0.478 e. The van der Waals surface area contributed by atoms with Crippen molar-refractivity contribution in [2.45, 2.75) is 0 Å². The molecule has 2 heterocycles. The van der Waals surface area contributed by atoms with E-state index in [1.807, 2.05) is 0 Å². The van der Waals surface area contributed by atoms with Crippen LogP contribution in [0.15, 0.2) is 36.8 Å². The maximum atomic E-state index is 11.2. The summed E-state index contributed by atoms with van der Waals surface area (Å²) in [5.74, 6) is -1.03. The highest BCUT2D eigenvalue weighted by Gasteiger charge is 2.15. The van der Waals surface area contributed by atoms with Crippen molar-refractivity contribution in [2.24, 2.45) is 0 Å². The molecule has 0 spiro atoms. The van der Waals surface area contributed by atoms with E-state index in [9.17, 15) is 9.90 Å². The number of para-hydroxylation sites is 1. The SMILES string of the molecule is O=C(O)c1ccccc1-n1ncc2c(Cl)ncnc21. The Balaban J connectivity index is 2.32. The van der Waals surface area contributed by atoms with Gasteiger partial charge in [-0.3, -0.25) is 0 Å². The molecule has 0 fully saturated rings. The number of carboxylic acid groups (broad SMARTS) is 1. The van der Waals surface area contributed by atoms with Crippen molar-refractivity contribution in [2.75, 3.05) is 0 Å². The summed E-state index contributed by atoms with van der Waals surface area (Å²) in [5, 5.41) is 14.2. The Bertz CT molecular complexity index is 784. The van der Waals surface area contributed by atoms with Crippen LogP contribution < -0.4 is 0 Å². The first-order valence-electron chi connectivity index (χ1n) is 5.35. The van der Waals surface area contributed by atoms with Gasteiger partial charge in [0.15, 0.2) is 5.65 Å². The van der Waals surface area contributed by atoms with Crippen molar-refractivity contribution in [1.29, 1.82) is 0 Å². The highest BCUT2D eigenvalue weighted by molar-refractivity contribution is 6.33. The maximum absolute atomic E-state index is 11.2. The van der Waals surface area contributed by atoms with E-state index in [1.54, 1.807) is 18.2 Å². The van der Waals surface area contributed by atoms with Crippen molar-refractivity contribution >= 4 is 28.6 Å². The van der Waals surface area contributed by atoms with Gasteiger partial charge in [0.2, 0.25) is 0 Å². The lowest BCUT2D eigenvalue weighted by Gasteiger charge is -2.06. The van der Waals surface area contributed by atoms with Gasteiger partial charge >= 0.3 is 5.97 Å². The molecule has 94 valence electrons. The second kappa shape index (κ2) is 4.33. The standard InChI is InChI=1S/C12H7ClN4O2/c13-10-8-5-16-17(11(8)15-6-14-10)9-4-2-1-3-7(9)12(18)19/h1-6H,(H,18,19). The van der Waals surface area contributed by atoms with Crippen LogP contribution in [0.25, 0.3) is 16.7 Å². The summed E-state index contributed by atoms with van der Waals surface area (Å²) in [6.45, 7) is 0. The Kier molecular flexibility index (Phi) is 2.64. The third-order valence-corrected chi connectivity index (χ3v) is 2.98. The predicted molar refractivity (Wildman–Crippen MR) is 68.6 cm³/mol. The zero-order chi connectivity index (χ0) is 13.4. The number of aromatic nitrogens is 4. The van der Waals surface area contributed by atoms with E-state index in [-0.39, 0.29) is 10.7 Å². The van der Waals surface area contributed by atoms with Gasteiger partial charge in [-0.15, -0.1) is 0 Å². The van der Waals surface area contributed by atoms with Crippen LogP contribution in [0.2, 0.25) is 5.15 Å². The van der Waals surface area contributed by atoms with Gasteiger partial charge in [0.25, 0.3) is 0 Å². The quantitative estimate of drug-likeness (QED) is 0.724. The smallest absolute Gasteiger partial charge is 0.337 e. The molecule has 3 aromatic rings. The van der Waals surface area contributed by atoms with E-state index >= 15 is 0 Å². The molecule has 2 aromatic heterocycles. The van der Waals surface area contributed by atoms with E-state index in [0.29, 0.717) is 16.7 Å². The summed E-state index contributed by atoms with van der Waals surface area (Å²) in [4.78, 5) is 19.2. The third kappa shape index (κ3) is 1.82. The summed E-state index contributed by atoms with van der Waals surface area (Å²) in [6, 6.07) is 6.55. The van der Waals surface area contributed by atoms with Gasteiger partial charge in [-0.2, -0.15) is 5.10 Å². The normalized spacial score (nSPS) is 10.8. The zero-order valence-electron chi connectivity index (χ0n) is 9.49. The lowest BCUT2D eigenvalue weighted by molar-refractivity contribution is 0.0697. The fraction of sp³-hybridized carbons (Fsp3) is 0. The molecule has 0 aliphatic heterocycles. The van der Waals surface area contributed by atoms with Gasteiger partial charge in [0.05, 0.1) is 22.8 Å². The molecule has 0 aliphatic rings. The van der Waals surface area contributed by atoms with Crippen LogP contribution in [0.5, 0.6) is 0 Å². The molecule has 7 heteroatoms. The molecule has 0 radical (unpaired) electrons. The molecule has 1 aromatic carbocycles. The Labute approximate surface area is 112 Å². The number of rotatable bonds is 2. The summed E-state index contributed by atoms with van der Waals surface area (Å²) < 4.78 is 1.44. The molecule has 0 aliphatic carbocycles. The molecule has 1 N–H and O–H groups in total. The summed E-state index contributed by atoms with van der Waals surface area (Å²) >= 11 is 5.94. The van der Waals surface area contributed by atoms with Crippen molar-refractivity contribution in [3.8, 4) is 5.69 Å². The first kappa shape index (κ1) is 11.6. The minimum atomic E-state index is -1.03. The molecule has 19 heavy (non-hydrogen) atoms. The fourth-order valence-electron chi connectivity index (χ4n) is 1.83. The van der Waals surface area contributed by atoms with Crippen LogP contribution in [0, 0.1) is 0 Å². The number of carboxylic acids is 1. The summed E-state index contributed by atoms with van der Waals surface area (Å²) in [7, 11) is 0. The average molecular weight is 275 g/mol. The van der Waals surface area contributed by atoms with Crippen molar-refractivity contribution < 1.29 is 9.90 Å². The second-order valence-corrected chi connectivity index (χ2v) is 4.14. The first-order valence-corrected chi connectivity index (χ1v) is 5.73. The highest BCUT2D eigenvalue weighted by atomic mass is 35.5. The first-order chi connectivity index (χ1) is 9.18. The molecule has 0 saturated heterocycles. The van der Waals surface area contributed by atoms with E-state index in [0.717, 1.165) is 0 Å². The van der Waals surface area contributed by atoms with Gasteiger partial charge in [-0.25, -0.2) is 19.4 Å². The van der Waals surface area contributed by atoms with Gasteiger partial charge in [-0.1, -0.05) is 23.7 Å². The van der Waals surface area contributed by atoms with Crippen LogP contribution in [-0.2, 0) is 0 Å². The minimum absolute atomic E-state index is 0.141. The van der Waals surface area contributed by atoms with Crippen molar-refractivity contribution in [1.82, 2.24) is 19.7 Å². The maximum Gasteiger partial charge on any atom is 0.337 e. The number of aromatic carboxylic acids is 1. The molecule has 6 nitrogen and oxygen atoms in total. The molecule has 0 bridgehead atoms. The number of halogens is 1. The van der Waals surface area contributed by atoms with Gasteiger partial charge in [-0.05, 0) is 12.1 Å². The molecular weight excluding hydrogens is 268 g/mol. The Morgan fingerprint density at radius 1 is 1.26 bits per heavy atom. The second-order valence-electron chi connectivity index (χ2n) is 3.78. The van der Waals surface area contributed by atoms with Crippen LogP contribution >= 0.6 is 11.6 Å². The number of nitrogens with zero attached hydrogens (tertiary/aromatic N) is 4. The van der Waals surface area contributed by atoms with Crippen molar-refractivity contribution in [3.05, 3.63) is 47.5 Å². The van der Waals surface area contributed by atoms with Crippen LogP contribution in [0.1, 0.15) is 10.4 Å². The number of benzene rings is 1. The van der Waals surface area contributed by atoms with E-state index in [1.165, 1.54) is 23.3 Å². The fourth-order valence-corrected chi connectivity index (χ4v) is 2.01. The van der Waals surface area contributed by atoms with Crippen LogP contribution in [0.3, 0.4) is 0 Å². The Hall–Kier alpha value is -2.47. The number of hydrogen-bond donors (Lipinski definition) is 1. The van der Waals surface area contributed by atoms with E-state index in [4.69, 9.17) is 11.6 Å². The van der Waals surface area contributed by atoms with Crippen molar-refractivity contribution in [3.63, 3.8) is 0 Å². The summed E-state index contributed by atoms with van der Waals surface area (Å²) in [6.07, 6.45) is 2.82. The molecule has 0 amide bonds. The van der Waals surface area contributed by atoms with Gasteiger partial charge in [0, 0.05) is 0 Å². The molecule has 3 rings (SSSR count). The predicted octanol–water partition coefficient (Wildman–Crippen LogP) is 2.17. The van der Waals surface area contributed by atoms with Gasteiger partial charge in [0.1, 0.15) is 11.5 Å². The lowest BCUT2D eigenvalue weighted by Crippen LogP contribution is -2.06. The average Bonchev–Trinajstić information content (AvgIpc) is 2.84. The molecule has 0 atom stereocenters. The van der Waals surface area contributed by atoms with Crippen LogP contribution in [0.4, 0.5) is 0 Å². The number of hydrogen-bond acceptors (Lipinski definition) is 4. The molecular formula is C12H7ClN4O2. The molecule has 0 saturated carbocycles. The van der Waals surface area contributed by atoms with E-state index < -0.39 is 5.97 Å². The summed E-state index contributed by atoms with van der Waals surface area (Å²) in [5.41, 5.74) is 1.04. The topological polar surface area (TPSA) is 80.9 Å². The monoisotopic (exact) mass is 274 g/mol. The zero-order valence-corrected chi connectivity index (χ0v) is 10.2. The highest BCUT2D eigenvalue weighted by Crippen LogP contribution is 2.23.